The van der Waals surface area contributed by atoms with Crippen molar-refractivity contribution in [2.24, 2.45) is 0 Å². The van der Waals surface area contributed by atoms with Crippen molar-refractivity contribution in [3.8, 4) is 11.4 Å². The van der Waals surface area contributed by atoms with E-state index in [9.17, 15) is 4.79 Å². The highest BCUT2D eigenvalue weighted by Crippen LogP contribution is 2.20. The van der Waals surface area contributed by atoms with Gasteiger partial charge in [0.25, 0.3) is 5.91 Å². The van der Waals surface area contributed by atoms with Crippen LogP contribution in [0.2, 0.25) is 0 Å². The average molecular weight is 364 g/mol. The van der Waals surface area contributed by atoms with Crippen LogP contribution in [-0.2, 0) is 0 Å². The van der Waals surface area contributed by atoms with Gasteiger partial charge >= 0.3 is 0 Å². The molecule has 3 heterocycles. The number of carbonyl (C=O) groups excluding carboxylic acids is 1. The summed E-state index contributed by atoms with van der Waals surface area (Å²) in [5, 5.41) is 11.1. The van der Waals surface area contributed by atoms with Gasteiger partial charge in [0, 0.05) is 37.2 Å². The molecule has 2 aromatic heterocycles. The average Bonchev–Trinajstić information content (AvgIpc) is 3.25. The van der Waals surface area contributed by atoms with Crippen molar-refractivity contribution in [2.45, 2.75) is 25.9 Å². The molecule has 138 valence electrons. The molecular formula is C19H20N6O2. The number of piperidine rings is 1. The molecular weight excluding hydrogens is 344 g/mol. The van der Waals surface area contributed by atoms with Crippen LogP contribution in [0.5, 0.6) is 5.75 Å². The highest BCUT2D eigenvalue weighted by molar-refractivity contribution is 5.94. The van der Waals surface area contributed by atoms with E-state index in [4.69, 9.17) is 4.74 Å². The number of amides is 1. The summed E-state index contributed by atoms with van der Waals surface area (Å²) in [6.07, 6.45) is 4.95. The molecule has 1 aromatic carbocycles. The quantitative estimate of drug-likeness (QED) is 0.704. The Bertz CT molecular complexity index is 902. The summed E-state index contributed by atoms with van der Waals surface area (Å²) in [7, 11) is 0. The van der Waals surface area contributed by atoms with E-state index in [0.717, 1.165) is 30.0 Å². The van der Waals surface area contributed by atoms with Gasteiger partial charge in [-0.1, -0.05) is 6.07 Å². The van der Waals surface area contributed by atoms with Crippen LogP contribution in [0, 0.1) is 6.92 Å². The summed E-state index contributed by atoms with van der Waals surface area (Å²) in [6.45, 7) is 3.28. The van der Waals surface area contributed by atoms with Gasteiger partial charge in [0.05, 0.1) is 11.9 Å². The lowest BCUT2D eigenvalue weighted by molar-refractivity contribution is 0.0595. The summed E-state index contributed by atoms with van der Waals surface area (Å²) < 4.78 is 7.52. The summed E-state index contributed by atoms with van der Waals surface area (Å²) in [5.41, 5.74) is 2.35. The molecule has 0 radical (unpaired) electrons. The van der Waals surface area contributed by atoms with Crippen molar-refractivity contribution < 1.29 is 9.53 Å². The Balaban J connectivity index is 1.37. The number of aromatic nitrogens is 5. The molecule has 1 saturated heterocycles. The number of benzene rings is 1. The first-order valence-electron chi connectivity index (χ1n) is 8.91. The Morgan fingerprint density at radius 3 is 2.74 bits per heavy atom. The second-order valence-corrected chi connectivity index (χ2v) is 6.55. The van der Waals surface area contributed by atoms with E-state index < -0.39 is 0 Å². The topological polar surface area (TPSA) is 86.0 Å². The minimum Gasteiger partial charge on any atom is -0.489 e. The zero-order valence-corrected chi connectivity index (χ0v) is 15.0. The lowest BCUT2D eigenvalue weighted by Gasteiger charge is -2.32. The van der Waals surface area contributed by atoms with E-state index >= 15 is 0 Å². The predicted molar refractivity (Wildman–Crippen MR) is 97.7 cm³/mol. The van der Waals surface area contributed by atoms with E-state index in [-0.39, 0.29) is 12.0 Å². The molecule has 4 rings (SSSR count). The fraction of sp³-hybridized carbons (Fsp3) is 0.316. The molecule has 0 spiro atoms. The zero-order valence-electron chi connectivity index (χ0n) is 15.0. The highest BCUT2D eigenvalue weighted by Gasteiger charge is 2.25. The SMILES string of the molecule is Cc1ccc(OC2CCN(C(=O)c3cccc(-n4cnnn4)c3)CC2)cn1. The van der Waals surface area contributed by atoms with E-state index in [1.165, 1.54) is 11.0 Å². The van der Waals surface area contributed by atoms with Crippen LogP contribution in [0.1, 0.15) is 28.9 Å². The molecule has 27 heavy (non-hydrogen) atoms. The Kier molecular flexibility index (Phi) is 4.78. The fourth-order valence-corrected chi connectivity index (χ4v) is 3.14. The summed E-state index contributed by atoms with van der Waals surface area (Å²) in [4.78, 5) is 19.0. The maximum atomic E-state index is 12.8. The largest absolute Gasteiger partial charge is 0.489 e. The van der Waals surface area contributed by atoms with Crippen LogP contribution in [0.25, 0.3) is 5.69 Å². The lowest BCUT2D eigenvalue weighted by atomic mass is 10.1. The number of hydrogen-bond acceptors (Lipinski definition) is 6. The van der Waals surface area contributed by atoms with Crippen LogP contribution in [0.3, 0.4) is 0 Å². The van der Waals surface area contributed by atoms with E-state index in [0.29, 0.717) is 18.7 Å². The van der Waals surface area contributed by atoms with E-state index in [2.05, 4.69) is 20.5 Å². The van der Waals surface area contributed by atoms with E-state index in [1.54, 1.807) is 12.3 Å². The normalized spacial score (nSPS) is 14.9. The summed E-state index contributed by atoms with van der Waals surface area (Å²) >= 11 is 0. The molecule has 3 aromatic rings. The molecule has 1 fully saturated rings. The van der Waals surface area contributed by atoms with Gasteiger partial charge in [0.2, 0.25) is 0 Å². The molecule has 0 aliphatic carbocycles. The van der Waals surface area contributed by atoms with Crippen molar-refractivity contribution in [1.82, 2.24) is 30.1 Å². The van der Waals surface area contributed by atoms with Gasteiger partial charge in [-0.15, -0.1) is 5.10 Å². The monoisotopic (exact) mass is 364 g/mol. The predicted octanol–water partition coefficient (Wildman–Crippen LogP) is 2.05. The Morgan fingerprint density at radius 1 is 1.19 bits per heavy atom. The van der Waals surface area contributed by atoms with Gasteiger partial charge in [-0.25, -0.2) is 4.68 Å². The van der Waals surface area contributed by atoms with Gasteiger partial charge in [-0.05, 0) is 47.7 Å². The molecule has 8 heteroatoms. The van der Waals surface area contributed by atoms with Gasteiger partial charge in [-0.3, -0.25) is 9.78 Å². The maximum absolute atomic E-state index is 12.8. The first-order chi connectivity index (χ1) is 13.2. The third-order valence-corrected chi connectivity index (χ3v) is 4.62. The van der Waals surface area contributed by atoms with Gasteiger partial charge in [-0.2, -0.15) is 0 Å². The molecule has 0 N–H and O–H groups in total. The maximum Gasteiger partial charge on any atom is 0.253 e. The van der Waals surface area contributed by atoms with Crippen LogP contribution in [-0.4, -0.2) is 55.2 Å². The Labute approximate surface area is 156 Å². The third-order valence-electron chi connectivity index (χ3n) is 4.62. The number of aryl methyl sites for hydroxylation is 1. The van der Waals surface area contributed by atoms with Gasteiger partial charge < -0.3 is 9.64 Å². The zero-order chi connectivity index (χ0) is 18.6. The molecule has 0 saturated carbocycles. The second-order valence-electron chi connectivity index (χ2n) is 6.55. The third kappa shape index (κ3) is 3.94. The number of ether oxygens (including phenoxy) is 1. The lowest BCUT2D eigenvalue weighted by Crippen LogP contribution is -2.41. The van der Waals surface area contributed by atoms with Crippen molar-refractivity contribution in [2.75, 3.05) is 13.1 Å². The number of rotatable bonds is 4. The van der Waals surface area contributed by atoms with Gasteiger partial charge in [0.15, 0.2) is 0 Å². The number of pyridine rings is 1. The van der Waals surface area contributed by atoms with Crippen molar-refractivity contribution in [3.05, 3.63) is 60.2 Å². The van der Waals surface area contributed by atoms with Crippen LogP contribution in [0.4, 0.5) is 0 Å². The Hall–Kier alpha value is -3.29. The van der Waals surface area contributed by atoms with Gasteiger partial charge in [0.1, 0.15) is 18.2 Å². The van der Waals surface area contributed by atoms with Crippen molar-refractivity contribution in [1.29, 1.82) is 0 Å². The van der Waals surface area contributed by atoms with Crippen LogP contribution in [0.15, 0.2) is 48.9 Å². The minimum atomic E-state index is 0.0142. The van der Waals surface area contributed by atoms with Crippen molar-refractivity contribution >= 4 is 5.91 Å². The number of hydrogen-bond donors (Lipinski definition) is 0. The first kappa shape index (κ1) is 17.1. The second kappa shape index (κ2) is 7.53. The molecule has 0 bridgehead atoms. The molecule has 1 aliphatic rings. The fourth-order valence-electron chi connectivity index (χ4n) is 3.14. The smallest absolute Gasteiger partial charge is 0.253 e. The van der Waals surface area contributed by atoms with Crippen LogP contribution >= 0.6 is 0 Å². The number of tetrazole rings is 1. The van der Waals surface area contributed by atoms with Crippen molar-refractivity contribution in [3.63, 3.8) is 0 Å². The number of carbonyl (C=O) groups is 1. The minimum absolute atomic E-state index is 0.0142. The molecule has 1 amide bonds. The standard InChI is InChI=1S/C19H20N6O2/c1-14-5-6-18(12-20-14)27-17-7-9-24(10-8-17)19(26)15-3-2-4-16(11-15)25-13-21-22-23-25/h2-6,11-13,17H,7-10H2,1H3. The first-order valence-corrected chi connectivity index (χ1v) is 8.91. The number of nitrogens with zero attached hydrogens (tertiary/aromatic N) is 6. The highest BCUT2D eigenvalue weighted by atomic mass is 16.5. The summed E-state index contributed by atoms with van der Waals surface area (Å²) in [6, 6.07) is 11.2. The van der Waals surface area contributed by atoms with Crippen LogP contribution < -0.4 is 4.74 Å². The molecule has 0 atom stereocenters. The molecule has 8 nitrogen and oxygen atoms in total. The molecule has 1 aliphatic heterocycles. The summed E-state index contributed by atoms with van der Waals surface area (Å²) in [5.74, 6) is 0.792. The number of likely N-dealkylation sites (tertiary alicyclic amines) is 1. The van der Waals surface area contributed by atoms with E-state index in [1.807, 2.05) is 42.2 Å². The molecule has 0 unspecified atom stereocenters. The Morgan fingerprint density at radius 2 is 2.04 bits per heavy atom.